The Balaban J connectivity index is 1.88. The fourth-order valence-corrected chi connectivity index (χ4v) is 5.05. The van der Waals surface area contributed by atoms with Crippen molar-refractivity contribution in [1.29, 1.82) is 0 Å². The molecule has 3 nitrogen and oxygen atoms in total. The summed E-state index contributed by atoms with van der Waals surface area (Å²) in [6.45, 7) is 5.13. The number of anilines is 1. The first-order chi connectivity index (χ1) is 14.7. The minimum absolute atomic E-state index is 0.125. The van der Waals surface area contributed by atoms with Crippen LogP contribution in [-0.2, 0) is 0 Å². The first kappa shape index (κ1) is 21.3. The van der Waals surface area contributed by atoms with Gasteiger partial charge in [-0.1, -0.05) is 72.8 Å². The van der Waals surface area contributed by atoms with Crippen molar-refractivity contribution in [3.05, 3.63) is 71.2 Å². The molecule has 0 N–H and O–H groups in total. The number of benzene rings is 2. The van der Waals surface area contributed by atoms with Crippen LogP contribution < -0.4 is 4.90 Å². The van der Waals surface area contributed by atoms with E-state index >= 15 is 0 Å². The van der Waals surface area contributed by atoms with Gasteiger partial charge in [-0.05, 0) is 49.9 Å². The number of rotatable bonds is 4. The fourth-order valence-electron chi connectivity index (χ4n) is 4.65. The maximum absolute atomic E-state index is 6.69. The molecule has 2 aliphatic rings. The molecule has 1 aliphatic carbocycles. The number of aliphatic imine (C=N–C) groups is 1. The maximum Gasteiger partial charge on any atom is 0.207 e. The standard InChI is InChI=1S/C25H29Cl2N3/c1-2-19-13-10-18-29(20-11-4-3-5-12-20)25(28-23-16-8-6-14-21(23)26)30(19)24-17-9-7-15-22(24)27/h2,6-9,14-17,19-20H,1,3-5,10-13,18H2. The van der Waals surface area contributed by atoms with Crippen LogP contribution in [0.3, 0.4) is 0 Å². The Bertz CT molecular complexity index is 905. The fraction of sp³-hybridized carbons (Fsp3) is 0.400. The molecule has 1 atom stereocenters. The van der Waals surface area contributed by atoms with E-state index in [2.05, 4.69) is 22.4 Å². The largest absolute Gasteiger partial charge is 0.339 e. The summed E-state index contributed by atoms with van der Waals surface area (Å²) < 4.78 is 0. The summed E-state index contributed by atoms with van der Waals surface area (Å²) in [6, 6.07) is 16.4. The summed E-state index contributed by atoms with van der Waals surface area (Å²) in [6.07, 6.45) is 10.4. The summed E-state index contributed by atoms with van der Waals surface area (Å²) in [4.78, 5) is 9.95. The Hall–Kier alpha value is -1.97. The molecule has 2 aromatic carbocycles. The summed E-state index contributed by atoms with van der Waals surface area (Å²) in [5, 5.41) is 1.38. The van der Waals surface area contributed by atoms with Gasteiger partial charge < -0.3 is 9.80 Å². The van der Waals surface area contributed by atoms with Gasteiger partial charge >= 0.3 is 0 Å². The lowest BCUT2D eigenvalue weighted by Gasteiger charge is -2.40. The van der Waals surface area contributed by atoms with Gasteiger partial charge in [0, 0.05) is 12.6 Å². The quantitative estimate of drug-likeness (QED) is 0.458. The first-order valence-electron chi connectivity index (χ1n) is 10.9. The zero-order valence-electron chi connectivity index (χ0n) is 17.3. The Morgan fingerprint density at radius 1 is 0.867 bits per heavy atom. The smallest absolute Gasteiger partial charge is 0.207 e. The van der Waals surface area contributed by atoms with Crippen molar-refractivity contribution in [1.82, 2.24) is 4.90 Å². The van der Waals surface area contributed by atoms with E-state index in [-0.39, 0.29) is 6.04 Å². The molecule has 1 saturated heterocycles. The van der Waals surface area contributed by atoms with E-state index in [4.69, 9.17) is 28.2 Å². The predicted octanol–water partition coefficient (Wildman–Crippen LogP) is 7.47. The van der Waals surface area contributed by atoms with Gasteiger partial charge in [0.15, 0.2) is 0 Å². The minimum Gasteiger partial charge on any atom is -0.339 e. The molecule has 0 aromatic heterocycles. The van der Waals surface area contributed by atoms with Crippen molar-refractivity contribution in [2.45, 2.75) is 57.0 Å². The third kappa shape index (κ3) is 4.53. The highest BCUT2D eigenvalue weighted by atomic mass is 35.5. The summed E-state index contributed by atoms with van der Waals surface area (Å²) in [5.41, 5.74) is 1.76. The highest BCUT2D eigenvalue weighted by molar-refractivity contribution is 6.34. The molecular weight excluding hydrogens is 413 g/mol. The maximum atomic E-state index is 6.69. The lowest BCUT2D eigenvalue weighted by molar-refractivity contribution is 0.242. The number of halogens is 2. The molecule has 158 valence electrons. The first-order valence-corrected chi connectivity index (χ1v) is 11.7. The number of guanidine groups is 1. The monoisotopic (exact) mass is 441 g/mol. The lowest BCUT2D eigenvalue weighted by Crippen LogP contribution is -2.51. The third-order valence-corrected chi connectivity index (χ3v) is 6.81. The van der Waals surface area contributed by atoms with Crippen molar-refractivity contribution in [2.24, 2.45) is 4.99 Å². The minimum atomic E-state index is 0.125. The predicted molar refractivity (Wildman–Crippen MR) is 129 cm³/mol. The number of hydrogen-bond acceptors (Lipinski definition) is 1. The number of para-hydroxylation sites is 2. The molecule has 5 heteroatoms. The van der Waals surface area contributed by atoms with Crippen molar-refractivity contribution in [3.8, 4) is 0 Å². The van der Waals surface area contributed by atoms with Crippen molar-refractivity contribution < 1.29 is 0 Å². The van der Waals surface area contributed by atoms with Gasteiger partial charge in [-0.15, -0.1) is 6.58 Å². The van der Waals surface area contributed by atoms with E-state index in [1.807, 2.05) is 48.5 Å². The number of nitrogens with zero attached hydrogens (tertiary/aromatic N) is 3. The van der Waals surface area contributed by atoms with Crippen LogP contribution in [0, 0.1) is 0 Å². The SMILES string of the molecule is C=CC1CCCN(C2CCCCC2)C(=Nc2ccccc2Cl)N1c1ccccc1Cl. The van der Waals surface area contributed by atoms with Crippen LogP contribution in [-0.4, -0.2) is 29.5 Å². The molecule has 30 heavy (non-hydrogen) atoms. The van der Waals surface area contributed by atoms with Crippen LogP contribution in [0.5, 0.6) is 0 Å². The average molecular weight is 442 g/mol. The van der Waals surface area contributed by atoms with Gasteiger partial charge in [-0.25, -0.2) is 4.99 Å². The molecule has 1 saturated carbocycles. The van der Waals surface area contributed by atoms with Crippen LogP contribution in [0.2, 0.25) is 10.0 Å². The topological polar surface area (TPSA) is 18.8 Å². The second-order valence-electron chi connectivity index (χ2n) is 8.12. The molecule has 4 rings (SSSR count). The highest BCUT2D eigenvalue weighted by Gasteiger charge is 2.34. The van der Waals surface area contributed by atoms with Crippen molar-refractivity contribution >= 4 is 40.5 Å². The molecule has 2 fully saturated rings. The number of hydrogen-bond donors (Lipinski definition) is 0. The van der Waals surface area contributed by atoms with E-state index in [0.29, 0.717) is 11.1 Å². The molecule has 1 unspecified atom stereocenters. The van der Waals surface area contributed by atoms with Crippen LogP contribution in [0.25, 0.3) is 0 Å². The van der Waals surface area contributed by atoms with Crippen LogP contribution in [0.4, 0.5) is 11.4 Å². The summed E-state index contributed by atoms with van der Waals surface area (Å²) >= 11 is 13.2. The molecule has 0 radical (unpaired) electrons. The molecular formula is C25H29Cl2N3. The van der Waals surface area contributed by atoms with Gasteiger partial charge in [-0.3, -0.25) is 0 Å². The van der Waals surface area contributed by atoms with Gasteiger partial charge in [0.05, 0.1) is 27.5 Å². The molecule has 2 aromatic rings. The Morgan fingerprint density at radius 2 is 1.57 bits per heavy atom. The van der Waals surface area contributed by atoms with Crippen molar-refractivity contribution in [3.63, 3.8) is 0 Å². The second-order valence-corrected chi connectivity index (χ2v) is 8.93. The molecule has 1 heterocycles. The van der Waals surface area contributed by atoms with Crippen LogP contribution >= 0.6 is 23.2 Å². The highest BCUT2D eigenvalue weighted by Crippen LogP contribution is 2.35. The molecule has 0 amide bonds. The molecule has 0 spiro atoms. The van der Waals surface area contributed by atoms with E-state index in [1.165, 1.54) is 32.1 Å². The van der Waals surface area contributed by atoms with Gasteiger partial charge in [-0.2, -0.15) is 0 Å². The van der Waals surface area contributed by atoms with E-state index in [1.54, 1.807) is 0 Å². The zero-order chi connectivity index (χ0) is 20.9. The normalized spacial score (nSPS) is 22.2. The summed E-state index contributed by atoms with van der Waals surface area (Å²) in [5.74, 6) is 0.936. The van der Waals surface area contributed by atoms with Crippen molar-refractivity contribution in [2.75, 3.05) is 11.4 Å². The lowest BCUT2D eigenvalue weighted by atomic mass is 9.94. The van der Waals surface area contributed by atoms with Crippen LogP contribution in [0.1, 0.15) is 44.9 Å². The summed E-state index contributed by atoms with van der Waals surface area (Å²) in [7, 11) is 0. The Morgan fingerprint density at radius 3 is 2.27 bits per heavy atom. The van der Waals surface area contributed by atoms with E-state index < -0.39 is 0 Å². The Kier molecular flexibility index (Phi) is 7.01. The van der Waals surface area contributed by atoms with E-state index in [9.17, 15) is 0 Å². The Labute approximate surface area is 190 Å². The van der Waals surface area contributed by atoms with Gasteiger partial charge in [0.1, 0.15) is 0 Å². The van der Waals surface area contributed by atoms with Crippen LogP contribution in [0.15, 0.2) is 66.2 Å². The van der Waals surface area contributed by atoms with E-state index in [0.717, 1.165) is 41.7 Å². The average Bonchev–Trinajstić information content (AvgIpc) is 2.95. The van der Waals surface area contributed by atoms with Gasteiger partial charge in [0.2, 0.25) is 5.96 Å². The van der Waals surface area contributed by atoms with Gasteiger partial charge in [0.25, 0.3) is 0 Å². The third-order valence-electron chi connectivity index (χ3n) is 6.18. The molecule has 1 aliphatic heterocycles. The zero-order valence-corrected chi connectivity index (χ0v) is 18.8. The molecule has 0 bridgehead atoms. The second kappa shape index (κ2) is 9.89.